The molecule has 0 heterocycles. The van der Waals surface area contributed by atoms with Crippen molar-refractivity contribution in [3.05, 3.63) is 28.2 Å². The second kappa shape index (κ2) is 7.13. The summed E-state index contributed by atoms with van der Waals surface area (Å²) in [6, 6.07) is 4.41. The Morgan fingerprint density at radius 2 is 1.95 bits per heavy atom. The van der Waals surface area contributed by atoms with Gasteiger partial charge in [-0.05, 0) is 48.0 Å². The Labute approximate surface area is 120 Å². The predicted molar refractivity (Wildman–Crippen MR) is 74.5 cm³/mol. The lowest BCUT2D eigenvalue weighted by Crippen LogP contribution is -2.34. The molecule has 19 heavy (non-hydrogen) atoms. The Hall–Kier alpha value is -1.56. The van der Waals surface area contributed by atoms with Crippen molar-refractivity contribution in [1.29, 1.82) is 0 Å². The third-order valence-corrected chi connectivity index (χ3v) is 3.27. The Morgan fingerprint density at radius 3 is 2.42 bits per heavy atom. The Kier molecular flexibility index (Phi) is 5.82. The number of halogens is 1. The van der Waals surface area contributed by atoms with Gasteiger partial charge in [0.2, 0.25) is 0 Å². The first-order valence-corrected chi connectivity index (χ1v) is 6.72. The highest BCUT2D eigenvalue weighted by Crippen LogP contribution is 2.26. The molecule has 6 heteroatoms. The van der Waals surface area contributed by atoms with Crippen molar-refractivity contribution < 1.29 is 19.4 Å². The molecule has 0 radical (unpaired) electrons. The number of carbonyl (C=O) groups is 2. The normalized spacial score (nSPS) is 10.1. The van der Waals surface area contributed by atoms with Crippen molar-refractivity contribution in [3.63, 3.8) is 0 Å². The molecule has 0 saturated carbocycles. The van der Waals surface area contributed by atoms with Crippen LogP contribution in [0.25, 0.3) is 0 Å². The van der Waals surface area contributed by atoms with Crippen LogP contribution in [-0.4, -0.2) is 41.6 Å². The smallest absolute Gasteiger partial charge is 0.335 e. The summed E-state index contributed by atoms with van der Waals surface area (Å²) >= 11 is 3.22. The van der Waals surface area contributed by atoms with Gasteiger partial charge in [0.25, 0.3) is 5.91 Å². The number of hydrogen-bond acceptors (Lipinski definition) is 3. The maximum Gasteiger partial charge on any atom is 0.335 e. The predicted octanol–water partition coefficient (Wildman–Crippen LogP) is 2.39. The van der Waals surface area contributed by atoms with Crippen molar-refractivity contribution >= 4 is 27.8 Å². The summed E-state index contributed by atoms with van der Waals surface area (Å²) in [5, 5.41) is 8.83. The van der Waals surface area contributed by atoms with E-state index in [2.05, 4.69) is 15.9 Å². The summed E-state index contributed by atoms with van der Waals surface area (Å²) in [5.74, 6) is -0.656. The van der Waals surface area contributed by atoms with Crippen molar-refractivity contribution in [1.82, 2.24) is 4.90 Å². The number of carbonyl (C=O) groups excluding carboxylic acids is 1. The lowest BCUT2D eigenvalue weighted by Gasteiger charge is -2.19. The molecule has 0 fully saturated rings. The summed E-state index contributed by atoms with van der Waals surface area (Å²) in [6.07, 6.45) is 0. The highest BCUT2D eigenvalue weighted by molar-refractivity contribution is 9.10. The number of likely N-dealkylation sites (N-methyl/N-ethyl adjacent to an activating group) is 1. The largest absolute Gasteiger partial charge is 0.483 e. The van der Waals surface area contributed by atoms with Crippen LogP contribution in [0, 0.1) is 0 Å². The van der Waals surface area contributed by atoms with Crippen molar-refractivity contribution in [2.75, 3.05) is 19.7 Å². The summed E-state index contributed by atoms with van der Waals surface area (Å²) in [7, 11) is 0. The van der Waals surface area contributed by atoms with Crippen LogP contribution in [0.5, 0.6) is 5.75 Å². The third-order valence-electron chi connectivity index (χ3n) is 2.65. The summed E-state index contributed by atoms with van der Waals surface area (Å²) < 4.78 is 5.90. The number of benzene rings is 1. The number of rotatable bonds is 6. The van der Waals surface area contributed by atoms with E-state index >= 15 is 0 Å². The fraction of sp³-hybridized carbons (Fsp3) is 0.385. The lowest BCUT2D eigenvalue weighted by molar-refractivity contribution is -0.132. The maximum absolute atomic E-state index is 11.8. The molecule has 0 saturated heterocycles. The van der Waals surface area contributed by atoms with Crippen LogP contribution < -0.4 is 4.74 Å². The highest BCUT2D eigenvalue weighted by atomic mass is 79.9. The molecule has 1 aromatic rings. The molecule has 0 aliphatic rings. The molecule has 1 aromatic carbocycles. The van der Waals surface area contributed by atoms with E-state index < -0.39 is 5.97 Å². The van der Waals surface area contributed by atoms with E-state index in [0.29, 0.717) is 23.3 Å². The van der Waals surface area contributed by atoms with Crippen LogP contribution in [0.4, 0.5) is 0 Å². The fourth-order valence-corrected chi connectivity index (χ4v) is 2.05. The molecular formula is C13H16BrNO4. The van der Waals surface area contributed by atoms with Crippen LogP contribution >= 0.6 is 15.9 Å². The van der Waals surface area contributed by atoms with Crippen molar-refractivity contribution in [2.45, 2.75) is 13.8 Å². The molecule has 0 aliphatic carbocycles. The molecular weight excluding hydrogens is 314 g/mol. The SMILES string of the molecule is CCN(CC)C(=O)COc1ccc(C(=O)O)cc1Br. The van der Waals surface area contributed by atoms with Gasteiger partial charge in [-0.15, -0.1) is 0 Å². The van der Waals surface area contributed by atoms with Crippen LogP contribution in [0.1, 0.15) is 24.2 Å². The van der Waals surface area contributed by atoms with E-state index in [9.17, 15) is 9.59 Å². The van der Waals surface area contributed by atoms with Gasteiger partial charge in [0.1, 0.15) is 5.75 Å². The second-order valence-corrected chi connectivity index (χ2v) is 4.66. The standard InChI is InChI=1S/C13H16BrNO4/c1-3-15(4-2)12(16)8-19-11-6-5-9(13(17)18)7-10(11)14/h5-7H,3-4,8H2,1-2H3,(H,17,18). The Bertz CT molecular complexity index is 472. The number of aromatic carboxylic acids is 1. The van der Waals surface area contributed by atoms with Gasteiger partial charge in [-0.1, -0.05) is 0 Å². The number of ether oxygens (including phenoxy) is 1. The summed E-state index contributed by atoms with van der Waals surface area (Å²) in [4.78, 5) is 24.2. The average Bonchev–Trinajstić information content (AvgIpc) is 2.38. The minimum Gasteiger partial charge on any atom is -0.483 e. The molecule has 0 unspecified atom stereocenters. The maximum atomic E-state index is 11.8. The van der Waals surface area contributed by atoms with E-state index in [1.165, 1.54) is 18.2 Å². The Morgan fingerprint density at radius 1 is 1.32 bits per heavy atom. The zero-order chi connectivity index (χ0) is 14.4. The van der Waals surface area contributed by atoms with E-state index in [4.69, 9.17) is 9.84 Å². The van der Waals surface area contributed by atoms with Gasteiger partial charge in [0.15, 0.2) is 6.61 Å². The van der Waals surface area contributed by atoms with Crippen molar-refractivity contribution in [3.8, 4) is 5.75 Å². The number of carboxylic acids is 1. The molecule has 0 spiro atoms. The fourth-order valence-electron chi connectivity index (χ4n) is 1.56. The minimum atomic E-state index is -1.01. The van der Waals surface area contributed by atoms with Gasteiger partial charge in [0, 0.05) is 13.1 Å². The molecule has 1 N–H and O–H groups in total. The zero-order valence-corrected chi connectivity index (χ0v) is 12.4. The molecule has 0 aliphatic heterocycles. The molecule has 104 valence electrons. The van der Waals surface area contributed by atoms with E-state index in [0.717, 1.165) is 0 Å². The first kappa shape index (κ1) is 15.5. The lowest BCUT2D eigenvalue weighted by atomic mass is 10.2. The van der Waals surface area contributed by atoms with Gasteiger partial charge in [-0.25, -0.2) is 4.79 Å². The van der Waals surface area contributed by atoms with E-state index in [1.54, 1.807) is 4.90 Å². The Balaban J connectivity index is 2.68. The molecule has 0 atom stereocenters. The van der Waals surface area contributed by atoms with E-state index in [-0.39, 0.29) is 18.1 Å². The zero-order valence-electron chi connectivity index (χ0n) is 10.9. The average molecular weight is 330 g/mol. The van der Waals surface area contributed by atoms with Gasteiger partial charge in [0.05, 0.1) is 10.0 Å². The van der Waals surface area contributed by atoms with Gasteiger partial charge >= 0.3 is 5.97 Å². The van der Waals surface area contributed by atoms with Crippen LogP contribution in [0.15, 0.2) is 22.7 Å². The molecule has 5 nitrogen and oxygen atoms in total. The topological polar surface area (TPSA) is 66.8 Å². The molecule has 1 rings (SSSR count). The van der Waals surface area contributed by atoms with Crippen LogP contribution in [0.3, 0.4) is 0 Å². The van der Waals surface area contributed by atoms with Gasteiger partial charge in [-0.2, -0.15) is 0 Å². The van der Waals surface area contributed by atoms with Crippen LogP contribution in [0.2, 0.25) is 0 Å². The first-order chi connectivity index (χ1) is 8.99. The van der Waals surface area contributed by atoms with Crippen molar-refractivity contribution in [2.24, 2.45) is 0 Å². The second-order valence-electron chi connectivity index (χ2n) is 3.81. The monoisotopic (exact) mass is 329 g/mol. The summed E-state index contributed by atoms with van der Waals surface area (Å²) in [5.41, 5.74) is 0.161. The number of amides is 1. The van der Waals surface area contributed by atoms with Gasteiger partial charge in [-0.3, -0.25) is 4.79 Å². The third kappa shape index (κ3) is 4.24. The minimum absolute atomic E-state index is 0.0628. The van der Waals surface area contributed by atoms with Crippen LogP contribution in [-0.2, 0) is 4.79 Å². The number of hydrogen-bond donors (Lipinski definition) is 1. The quantitative estimate of drug-likeness (QED) is 0.870. The molecule has 0 bridgehead atoms. The molecule has 0 aromatic heterocycles. The number of nitrogens with zero attached hydrogens (tertiary/aromatic N) is 1. The number of carboxylic acid groups (broad SMARTS) is 1. The van der Waals surface area contributed by atoms with Gasteiger partial charge < -0.3 is 14.7 Å². The summed E-state index contributed by atoms with van der Waals surface area (Å²) in [6.45, 7) is 5.01. The molecule has 1 amide bonds. The van der Waals surface area contributed by atoms with E-state index in [1.807, 2.05) is 13.8 Å². The highest BCUT2D eigenvalue weighted by Gasteiger charge is 2.12. The first-order valence-electron chi connectivity index (χ1n) is 5.93.